The van der Waals surface area contributed by atoms with E-state index < -0.39 is 0 Å². The molecule has 2 atom stereocenters. The third-order valence-corrected chi connectivity index (χ3v) is 8.14. The molecule has 2 aliphatic rings. The van der Waals surface area contributed by atoms with Crippen molar-refractivity contribution >= 4 is 34.6 Å². The van der Waals surface area contributed by atoms with Crippen molar-refractivity contribution in [3.05, 3.63) is 65.9 Å². The Balaban J connectivity index is 1.36. The van der Waals surface area contributed by atoms with E-state index in [0.717, 1.165) is 28.6 Å². The van der Waals surface area contributed by atoms with Gasteiger partial charge in [0.05, 0.1) is 31.9 Å². The Hall–Kier alpha value is -4.34. The molecule has 0 spiro atoms. The Morgan fingerprint density at radius 3 is 2.69 bits per heavy atom. The lowest BCUT2D eigenvalue weighted by atomic mass is 9.94. The SMILES string of the molecule is COC(=O)CCCC(=O)N1CCCCOc2cccc(c2)[C@H]2CN(C(=O)c3cn(C)c4ccccc34)C[C@@H]2NC(=O)C1. The van der Waals surface area contributed by atoms with Crippen molar-refractivity contribution in [3.8, 4) is 5.75 Å². The number of aryl methyl sites for hydroxylation is 1. The third kappa shape index (κ3) is 6.58. The number of nitrogens with one attached hydrogen (secondary N) is 1. The number of ether oxygens (including phenoxy) is 2. The van der Waals surface area contributed by atoms with E-state index in [1.54, 1.807) is 9.80 Å². The summed E-state index contributed by atoms with van der Waals surface area (Å²) in [6.45, 7) is 1.59. The number of esters is 1. The number of aromatic nitrogens is 1. The summed E-state index contributed by atoms with van der Waals surface area (Å²) in [5.41, 5.74) is 2.59. The standard InChI is InChI=1S/C32H38N4O6/c1-34-18-26(24-11-3-4-12-28(24)34)32(40)36-19-25-22-9-7-10-23(17-22)42-16-6-5-15-35(21-29(37)33-27(25)20-36)30(38)13-8-14-31(39)41-2/h3-4,7,9-12,17-18,25,27H,5-6,8,13-16,19-21H2,1-2H3,(H,33,37)/t25-,27+/m1/s1. The van der Waals surface area contributed by atoms with Crippen molar-refractivity contribution in [3.63, 3.8) is 0 Å². The van der Waals surface area contributed by atoms with Crippen molar-refractivity contribution in [1.29, 1.82) is 0 Å². The van der Waals surface area contributed by atoms with Crippen LogP contribution in [0.5, 0.6) is 5.75 Å². The van der Waals surface area contributed by atoms with Gasteiger partial charge in [0.2, 0.25) is 11.8 Å². The van der Waals surface area contributed by atoms with E-state index in [-0.39, 0.29) is 55.0 Å². The number of nitrogens with zero attached hydrogens (tertiary/aromatic N) is 3. The molecule has 3 aromatic rings. The Morgan fingerprint density at radius 1 is 1.02 bits per heavy atom. The van der Waals surface area contributed by atoms with Gasteiger partial charge in [-0.2, -0.15) is 0 Å². The van der Waals surface area contributed by atoms with E-state index in [9.17, 15) is 19.2 Å². The minimum absolute atomic E-state index is 0.0821. The number of rotatable bonds is 5. The molecule has 2 bridgehead atoms. The van der Waals surface area contributed by atoms with Crippen molar-refractivity contribution in [2.75, 3.05) is 39.9 Å². The first kappa shape index (κ1) is 29.2. The summed E-state index contributed by atoms with van der Waals surface area (Å²) in [5, 5.41) is 4.03. The average molecular weight is 575 g/mol. The highest BCUT2D eigenvalue weighted by Crippen LogP contribution is 2.32. The molecule has 42 heavy (non-hydrogen) atoms. The minimum atomic E-state index is -0.364. The summed E-state index contributed by atoms with van der Waals surface area (Å²) in [7, 11) is 3.25. The number of likely N-dealkylation sites (tertiary alicyclic amines) is 1. The second kappa shape index (κ2) is 13.1. The number of benzene rings is 2. The second-order valence-corrected chi connectivity index (χ2v) is 11.0. The summed E-state index contributed by atoms with van der Waals surface area (Å²) < 4.78 is 12.7. The summed E-state index contributed by atoms with van der Waals surface area (Å²) >= 11 is 0. The Morgan fingerprint density at radius 2 is 1.86 bits per heavy atom. The summed E-state index contributed by atoms with van der Waals surface area (Å²) in [5.74, 6) is -0.302. The van der Waals surface area contributed by atoms with Gasteiger partial charge in [-0.3, -0.25) is 19.2 Å². The van der Waals surface area contributed by atoms with Crippen molar-refractivity contribution in [2.24, 2.45) is 7.05 Å². The first-order valence-electron chi connectivity index (χ1n) is 14.5. The van der Waals surface area contributed by atoms with Crippen LogP contribution in [-0.2, 0) is 26.2 Å². The molecule has 10 nitrogen and oxygen atoms in total. The Kier molecular flexibility index (Phi) is 9.09. The molecule has 2 aromatic carbocycles. The number of methoxy groups -OCH3 is 1. The van der Waals surface area contributed by atoms with Crippen molar-refractivity contribution in [1.82, 2.24) is 19.7 Å². The number of hydrogen-bond acceptors (Lipinski definition) is 6. The molecule has 0 aliphatic carbocycles. The lowest BCUT2D eigenvalue weighted by Crippen LogP contribution is -2.47. The molecule has 0 unspecified atom stereocenters. The van der Waals surface area contributed by atoms with E-state index in [1.807, 2.05) is 66.3 Å². The van der Waals surface area contributed by atoms with E-state index >= 15 is 0 Å². The van der Waals surface area contributed by atoms with Gasteiger partial charge in [0.15, 0.2) is 0 Å². The second-order valence-electron chi connectivity index (χ2n) is 11.0. The summed E-state index contributed by atoms with van der Waals surface area (Å²) in [6, 6.07) is 15.3. The van der Waals surface area contributed by atoms with Crippen LogP contribution in [0, 0.1) is 0 Å². The predicted octanol–water partition coefficient (Wildman–Crippen LogP) is 3.25. The van der Waals surface area contributed by atoms with Gasteiger partial charge in [0, 0.05) is 62.5 Å². The summed E-state index contributed by atoms with van der Waals surface area (Å²) in [6.07, 6.45) is 3.92. The zero-order chi connectivity index (χ0) is 29.6. The molecule has 10 heteroatoms. The Labute approximate surface area is 245 Å². The van der Waals surface area contributed by atoms with Gasteiger partial charge >= 0.3 is 5.97 Å². The molecule has 222 valence electrons. The van der Waals surface area contributed by atoms with Gasteiger partial charge in [-0.25, -0.2) is 0 Å². The van der Waals surface area contributed by atoms with E-state index in [1.165, 1.54) is 7.11 Å². The monoisotopic (exact) mass is 574 g/mol. The average Bonchev–Trinajstić information content (AvgIpc) is 3.56. The first-order valence-corrected chi connectivity index (χ1v) is 14.5. The maximum atomic E-state index is 13.8. The fraction of sp³-hybridized carbons (Fsp3) is 0.438. The van der Waals surface area contributed by atoms with Crippen LogP contribution in [-0.4, -0.2) is 84.0 Å². The smallest absolute Gasteiger partial charge is 0.305 e. The van der Waals surface area contributed by atoms with E-state index in [2.05, 4.69) is 10.1 Å². The molecule has 2 aliphatic heterocycles. The number of carbonyl (C=O) groups excluding carboxylic acids is 4. The molecular weight excluding hydrogens is 536 g/mol. The van der Waals surface area contributed by atoms with Crippen LogP contribution in [0.3, 0.4) is 0 Å². The van der Waals surface area contributed by atoms with Crippen LogP contribution in [0.25, 0.3) is 10.9 Å². The Bertz CT molecular complexity index is 1470. The third-order valence-electron chi connectivity index (χ3n) is 8.14. The van der Waals surface area contributed by atoms with Crippen LogP contribution in [0.15, 0.2) is 54.7 Å². The van der Waals surface area contributed by atoms with Crippen LogP contribution in [0.2, 0.25) is 0 Å². The molecule has 0 radical (unpaired) electrons. The number of hydrogen-bond donors (Lipinski definition) is 1. The lowest BCUT2D eigenvalue weighted by molar-refractivity contribution is -0.141. The van der Waals surface area contributed by atoms with Crippen molar-refractivity contribution < 1.29 is 28.7 Å². The first-order chi connectivity index (χ1) is 20.3. The van der Waals surface area contributed by atoms with Gasteiger partial charge in [0.1, 0.15) is 5.75 Å². The van der Waals surface area contributed by atoms with Crippen LogP contribution < -0.4 is 10.1 Å². The number of carbonyl (C=O) groups is 4. The maximum Gasteiger partial charge on any atom is 0.305 e. The van der Waals surface area contributed by atoms with Crippen LogP contribution in [0.1, 0.15) is 53.9 Å². The number of fused-ring (bicyclic) bond motifs is 5. The normalized spacial score (nSPS) is 19.4. The van der Waals surface area contributed by atoms with Crippen molar-refractivity contribution in [2.45, 2.75) is 44.1 Å². The molecule has 0 saturated carbocycles. The quantitative estimate of drug-likeness (QED) is 0.469. The van der Waals surface area contributed by atoms with Gasteiger partial charge in [-0.1, -0.05) is 30.3 Å². The van der Waals surface area contributed by atoms with Gasteiger partial charge in [0.25, 0.3) is 5.91 Å². The highest BCUT2D eigenvalue weighted by atomic mass is 16.5. The lowest BCUT2D eigenvalue weighted by Gasteiger charge is -2.26. The fourth-order valence-electron chi connectivity index (χ4n) is 5.93. The van der Waals surface area contributed by atoms with Crippen LogP contribution >= 0.6 is 0 Å². The molecule has 5 rings (SSSR count). The molecule has 3 amide bonds. The maximum absolute atomic E-state index is 13.8. The topological polar surface area (TPSA) is 110 Å². The molecule has 1 fully saturated rings. The van der Waals surface area contributed by atoms with Gasteiger partial charge in [-0.15, -0.1) is 0 Å². The highest BCUT2D eigenvalue weighted by Gasteiger charge is 2.38. The summed E-state index contributed by atoms with van der Waals surface area (Å²) in [4.78, 5) is 55.1. The molecule has 1 N–H and O–H groups in total. The van der Waals surface area contributed by atoms with E-state index in [0.29, 0.717) is 44.6 Å². The zero-order valence-electron chi connectivity index (χ0n) is 24.2. The molecule has 3 heterocycles. The highest BCUT2D eigenvalue weighted by molar-refractivity contribution is 6.07. The van der Waals surface area contributed by atoms with Crippen LogP contribution in [0.4, 0.5) is 0 Å². The largest absolute Gasteiger partial charge is 0.494 e. The number of para-hydroxylation sites is 1. The van der Waals surface area contributed by atoms with Gasteiger partial charge in [-0.05, 0) is 43.0 Å². The number of amides is 3. The molecule has 1 aromatic heterocycles. The molecular formula is C32H38N4O6. The fourth-order valence-corrected chi connectivity index (χ4v) is 5.93. The minimum Gasteiger partial charge on any atom is -0.494 e. The zero-order valence-corrected chi connectivity index (χ0v) is 24.2. The van der Waals surface area contributed by atoms with E-state index in [4.69, 9.17) is 4.74 Å². The predicted molar refractivity (Wildman–Crippen MR) is 157 cm³/mol. The molecule has 1 saturated heterocycles. The van der Waals surface area contributed by atoms with Gasteiger partial charge < -0.3 is 29.2 Å².